The van der Waals surface area contributed by atoms with Crippen molar-refractivity contribution in [2.75, 3.05) is 6.61 Å². The summed E-state index contributed by atoms with van der Waals surface area (Å²) in [5.41, 5.74) is -0.0805. The summed E-state index contributed by atoms with van der Waals surface area (Å²) in [5, 5.41) is 13.6. The van der Waals surface area contributed by atoms with Crippen LogP contribution in [0.15, 0.2) is 39.6 Å². The summed E-state index contributed by atoms with van der Waals surface area (Å²) >= 11 is 15.6. The van der Waals surface area contributed by atoms with Gasteiger partial charge in [0, 0.05) is 24.0 Å². The highest BCUT2D eigenvalue weighted by atomic mass is 79.9. The molecule has 0 aliphatic heterocycles. The van der Waals surface area contributed by atoms with Crippen molar-refractivity contribution in [3.8, 4) is 28.7 Å². The third-order valence-corrected chi connectivity index (χ3v) is 5.41. The molecule has 0 amide bonds. The van der Waals surface area contributed by atoms with Gasteiger partial charge in [-0.15, -0.1) is 0 Å². The third-order valence-electron chi connectivity index (χ3n) is 4.22. The van der Waals surface area contributed by atoms with E-state index in [4.69, 9.17) is 32.5 Å². The molecule has 32 heavy (non-hydrogen) atoms. The first-order valence-corrected chi connectivity index (χ1v) is 10.5. The van der Waals surface area contributed by atoms with Gasteiger partial charge in [0.05, 0.1) is 26.2 Å². The Morgan fingerprint density at radius 2 is 1.94 bits per heavy atom. The number of aliphatic hydroxyl groups excluding tert-OH is 1. The van der Waals surface area contributed by atoms with E-state index in [1.807, 2.05) is 0 Å². The van der Waals surface area contributed by atoms with Gasteiger partial charge in [-0.1, -0.05) is 28.4 Å². The Labute approximate surface area is 196 Å². The van der Waals surface area contributed by atoms with E-state index in [1.54, 1.807) is 6.92 Å². The molecule has 0 unspecified atom stereocenters. The smallest absolute Gasteiger partial charge is 0.417 e. The fraction of sp³-hybridized carbons (Fsp3) is 0.211. The maximum absolute atomic E-state index is 13.1. The number of aliphatic hydroxyl groups is 1. The molecule has 0 saturated heterocycles. The first-order valence-electron chi connectivity index (χ1n) is 8.92. The monoisotopic (exact) mass is 550 g/mol. The second kappa shape index (κ2) is 8.54. The summed E-state index contributed by atoms with van der Waals surface area (Å²) in [6.45, 7) is 1.59. The maximum Gasteiger partial charge on any atom is 0.417 e. The topological polar surface area (TPSA) is 85.7 Å². The average molecular weight is 552 g/mol. The first-order chi connectivity index (χ1) is 15.0. The fourth-order valence-electron chi connectivity index (χ4n) is 2.77. The minimum atomic E-state index is -4.51. The molecule has 13 heteroatoms. The summed E-state index contributed by atoms with van der Waals surface area (Å²) < 4.78 is 51.2. The van der Waals surface area contributed by atoms with Crippen LogP contribution >= 0.6 is 39.1 Å². The molecule has 3 aromatic heterocycles. The van der Waals surface area contributed by atoms with Gasteiger partial charge in [-0.25, -0.2) is 4.98 Å². The Morgan fingerprint density at radius 3 is 2.62 bits per heavy atom. The van der Waals surface area contributed by atoms with Crippen molar-refractivity contribution in [1.29, 1.82) is 0 Å². The van der Waals surface area contributed by atoms with E-state index in [2.05, 4.69) is 31.1 Å². The molecule has 0 saturated carbocycles. The van der Waals surface area contributed by atoms with Crippen LogP contribution in [0, 0.1) is 0 Å². The van der Waals surface area contributed by atoms with Gasteiger partial charge in [0.1, 0.15) is 18.1 Å². The van der Waals surface area contributed by atoms with Gasteiger partial charge in [0.25, 0.3) is 5.89 Å². The van der Waals surface area contributed by atoms with E-state index in [0.717, 1.165) is 12.3 Å². The van der Waals surface area contributed by atoms with Gasteiger partial charge in [-0.2, -0.15) is 18.2 Å². The number of rotatable bonds is 5. The summed E-state index contributed by atoms with van der Waals surface area (Å²) in [6, 6.07) is 3.87. The van der Waals surface area contributed by atoms with Crippen LogP contribution in [0.4, 0.5) is 13.2 Å². The standard InChI is InChI=1S/C19H12BrCl2F3N4O3/c1-8(30)7-31-15-4-12(21)10(3-13(15)22)16-27-18(32-28-16)14-6-29-5-9(19(23,24)25)2-11(20)17(29)26-14/h2-6,8,30H,7H2,1H3/t8-/m0/s1. The number of benzene rings is 1. The normalized spacial score (nSPS) is 13.0. The molecular formula is C19H12BrCl2F3N4O3. The predicted octanol–water partition coefficient (Wildman–Crippen LogP) is 5.90. The van der Waals surface area contributed by atoms with E-state index >= 15 is 0 Å². The lowest BCUT2D eigenvalue weighted by atomic mass is 10.2. The highest BCUT2D eigenvalue weighted by Gasteiger charge is 2.32. The van der Waals surface area contributed by atoms with E-state index in [1.165, 1.54) is 22.7 Å². The number of pyridine rings is 1. The van der Waals surface area contributed by atoms with Gasteiger partial charge in [0.15, 0.2) is 5.65 Å². The van der Waals surface area contributed by atoms with Gasteiger partial charge < -0.3 is 18.8 Å². The zero-order chi connectivity index (χ0) is 23.2. The molecule has 0 fully saturated rings. The van der Waals surface area contributed by atoms with Gasteiger partial charge in [-0.05, 0) is 35.0 Å². The summed E-state index contributed by atoms with van der Waals surface area (Å²) in [4.78, 5) is 8.49. The van der Waals surface area contributed by atoms with Crippen LogP contribution in [-0.4, -0.2) is 37.3 Å². The number of hydrogen-bond donors (Lipinski definition) is 1. The number of halogens is 6. The summed E-state index contributed by atoms with van der Waals surface area (Å²) in [7, 11) is 0. The van der Waals surface area contributed by atoms with Gasteiger partial charge >= 0.3 is 6.18 Å². The average Bonchev–Trinajstić information content (AvgIpc) is 3.34. The molecule has 0 aliphatic rings. The lowest BCUT2D eigenvalue weighted by Gasteiger charge is -2.11. The number of imidazole rings is 1. The Bertz CT molecular complexity index is 1310. The van der Waals surface area contributed by atoms with Gasteiger partial charge in [0.2, 0.25) is 5.82 Å². The second-order valence-corrected chi connectivity index (χ2v) is 8.45. The van der Waals surface area contributed by atoms with Crippen molar-refractivity contribution in [3.63, 3.8) is 0 Å². The molecule has 1 aromatic carbocycles. The SMILES string of the molecule is C[C@H](O)COc1cc(Cl)c(-c2noc(-c3cn4cc(C(F)(F)F)cc(Br)c4n3)n2)cc1Cl. The highest BCUT2D eigenvalue weighted by molar-refractivity contribution is 9.10. The number of hydrogen-bond acceptors (Lipinski definition) is 6. The number of aromatic nitrogens is 4. The van der Waals surface area contributed by atoms with Crippen LogP contribution in [0.3, 0.4) is 0 Å². The van der Waals surface area contributed by atoms with Crippen molar-refractivity contribution in [3.05, 3.63) is 50.7 Å². The molecule has 0 radical (unpaired) electrons. The second-order valence-electron chi connectivity index (χ2n) is 6.78. The third kappa shape index (κ3) is 4.56. The minimum absolute atomic E-state index is 0.0224. The number of ether oxygens (including phenoxy) is 1. The molecule has 168 valence electrons. The Morgan fingerprint density at radius 1 is 1.19 bits per heavy atom. The van der Waals surface area contributed by atoms with Crippen molar-refractivity contribution in [1.82, 2.24) is 19.5 Å². The van der Waals surface area contributed by atoms with Gasteiger partial charge in [-0.3, -0.25) is 0 Å². The molecule has 1 N–H and O–H groups in total. The Balaban J connectivity index is 1.68. The lowest BCUT2D eigenvalue weighted by Crippen LogP contribution is -2.12. The molecule has 0 aliphatic carbocycles. The van der Waals surface area contributed by atoms with Crippen molar-refractivity contribution >= 4 is 44.8 Å². The van der Waals surface area contributed by atoms with E-state index in [0.29, 0.717) is 5.56 Å². The lowest BCUT2D eigenvalue weighted by molar-refractivity contribution is -0.137. The first kappa shape index (κ1) is 22.8. The number of fused-ring (bicyclic) bond motifs is 1. The number of alkyl halides is 3. The Kier molecular flexibility index (Phi) is 6.10. The molecule has 1 atom stereocenters. The molecule has 0 spiro atoms. The fourth-order valence-corrected chi connectivity index (χ4v) is 3.77. The number of nitrogens with zero attached hydrogens (tertiary/aromatic N) is 4. The van der Waals surface area contributed by atoms with Crippen LogP contribution in [0.25, 0.3) is 28.6 Å². The molecule has 7 nitrogen and oxygen atoms in total. The van der Waals surface area contributed by atoms with E-state index in [9.17, 15) is 18.3 Å². The molecule has 4 rings (SSSR count). The van der Waals surface area contributed by atoms with Crippen LogP contribution in [0.1, 0.15) is 12.5 Å². The van der Waals surface area contributed by atoms with E-state index < -0.39 is 17.8 Å². The van der Waals surface area contributed by atoms with Crippen molar-refractivity contribution < 1.29 is 27.5 Å². The van der Waals surface area contributed by atoms with Crippen molar-refractivity contribution in [2.45, 2.75) is 19.2 Å². The summed E-state index contributed by atoms with van der Waals surface area (Å²) in [6.07, 6.45) is -2.95. The van der Waals surface area contributed by atoms with Crippen LogP contribution in [-0.2, 0) is 6.18 Å². The molecule has 0 bridgehead atoms. The quantitative estimate of drug-likeness (QED) is 0.332. The van der Waals surface area contributed by atoms with Crippen LogP contribution in [0.5, 0.6) is 5.75 Å². The zero-order valence-electron chi connectivity index (χ0n) is 16.0. The molecule has 3 heterocycles. The van der Waals surface area contributed by atoms with E-state index in [-0.39, 0.29) is 49.9 Å². The molecular weight excluding hydrogens is 540 g/mol. The largest absolute Gasteiger partial charge is 0.489 e. The van der Waals surface area contributed by atoms with Crippen LogP contribution in [0.2, 0.25) is 10.0 Å². The maximum atomic E-state index is 13.1. The highest BCUT2D eigenvalue weighted by Crippen LogP contribution is 2.37. The Hall–Kier alpha value is -2.34. The predicted molar refractivity (Wildman–Crippen MR) is 114 cm³/mol. The zero-order valence-corrected chi connectivity index (χ0v) is 19.1. The van der Waals surface area contributed by atoms with Crippen molar-refractivity contribution in [2.24, 2.45) is 0 Å². The van der Waals surface area contributed by atoms with Crippen LogP contribution < -0.4 is 4.74 Å². The molecule has 4 aromatic rings. The summed E-state index contributed by atoms with van der Waals surface area (Å²) in [5.74, 6) is 0.350. The minimum Gasteiger partial charge on any atom is -0.489 e.